The fourth-order valence-corrected chi connectivity index (χ4v) is 4.24. The van der Waals surface area contributed by atoms with Crippen LogP contribution in [0.4, 0.5) is 11.5 Å². The molecule has 0 atom stereocenters. The predicted octanol–water partition coefficient (Wildman–Crippen LogP) is 5.46. The van der Waals surface area contributed by atoms with Gasteiger partial charge in [0.15, 0.2) is 5.65 Å². The molecule has 0 aliphatic carbocycles. The van der Waals surface area contributed by atoms with Crippen LogP contribution in [-0.2, 0) is 0 Å². The quantitative estimate of drug-likeness (QED) is 0.471. The van der Waals surface area contributed by atoms with Crippen molar-refractivity contribution in [1.29, 1.82) is 0 Å². The Morgan fingerprint density at radius 2 is 1.62 bits per heavy atom. The van der Waals surface area contributed by atoms with Crippen LogP contribution >= 0.6 is 0 Å². The van der Waals surface area contributed by atoms with Crippen LogP contribution in [0.15, 0.2) is 66.7 Å². The summed E-state index contributed by atoms with van der Waals surface area (Å²) in [4.78, 5) is 19.6. The molecule has 0 radical (unpaired) electrons. The van der Waals surface area contributed by atoms with Crippen LogP contribution in [0.5, 0.6) is 0 Å². The minimum absolute atomic E-state index is 0.124. The highest BCUT2D eigenvalue weighted by Crippen LogP contribution is 2.25. The molecule has 1 aliphatic heterocycles. The van der Waals surface area contributed by atoms with Gasteiger partial charge in [-0.2, -0.15) is 9.61 Å². The first kappa shape index (κ1) is 20.2. The Morgan fingerprint density at radius 3 is 2.34 bits per heavy atom. The Kier molecular flexibility index (Phi) is 5.58. The van der Waals surface area contributed by atoms with Crippen molar-refractivity contribution in [2.24, 2.45) is 0 Å². The van der Waals surface area contributed by atoms with E-state index in [1.165, 1.54) is 12.8 Å². The lowest BCUT2D eigenvalue weighted by Gasteiger charge is -2.20. The minimum atomic E-state index is 0.124. The Balaban J connectivity index is 1.42. The highest BCUT2D eigenvalue weighted by Gasteiger charge is 2.17. The number of rotatable bonds is 4. The molecule has 1 N–H and O–H groups in total. The first-order valence-corrected chi connectivity index (χ1v) is 11.3. The van der Waals surface area contributed by atoms with Crippen molar-refractivity contribution in [3.8, 4) is 11.3 Å². The number of fused-ring (bicyclic) bond motifs is 1. The zero-order valence-corrected chi connectivity index (χ0v) is 18.3. The van der Waals surface area contributed by atoms with Crippen LogP contribution in [0.25, 0.3) is 16.9 Å². The number of aromatic nitrogens is 3. The largest absolute Gasteiger partial charge is 0.340 e. The van der Waals surface area contributed by atoms with Crippen LogP contribution < -0.4 is 5.32 Å². The summed E-state index contributed by atoms with van der Waals surface area (Å²) in [6.45, 7) is 3.67. The van der Waals surface area contributed by atoms with E-state index < -0.39 is 0 Å². The second kappa shape index (κ2) is 8.83. The number of hydrogen-bond donors (Lipinski definition) is 1. The summed E-state index contributed by atoms with van der Waals surface area (Å²) in [5.41, 5.74) is 5.27. The van der Waals surface area contributed by atoms with E-state index in [-0.39, 0.29) is 5.91 Å². The van der Waals surface area contributed by atoms with Gasteiger partial charge in [0.05, 0.1) is 11.4 Å². The molecule has 32 heavy (non-hydrogen) atoms. The van der Waals surface area contributed by atoms with E-state index in [4.69, 9.17) is 4.98 Å². The number of anilines is 2. The van der Waals surface area contributed by atoms with Crippen molar-refractivity contribution in [2.75, 3.05) is 18.4 Å². The molecule has 5 rings (SSSR count). The van der Waals surface area contributed by atoms with Crippen molar-refractivity contribution in [2.45, 2.75) is 32.6 Å². The number of hydrogen-bond acceptors (Lipinski definition) is 4. The number of likely N-dealkylation sites (tertiary alicyclic amines) is 1. The molecule has 0 bridgehead atoms. The lowest BCUT2D eigenvalue weighted by Crippen LogP contribution is -2.31. The molecule has 1 fully saturated rings. The topological polar surface area (TPSA) is 62.5 Å². The number of amides is 1. The first-order chi connectivity index (χ1) is 15.7. The number of carbonyl (C=O) groups is 1. The van der Waals surface area contributed by atoms with Crippen LogP contribution in [0.2, 0.25) is 0 Å². The lowest BCUT2D eigenvalue weighted by molar-refractivity contribution is 0.0761. The van der Waals surface area contributed by atoms with Gasteiger partial charge in [-0.1, -0.05) is 43.2 Å². The van der Waals surface area contributed by atoms with Crippen molar-refractivity contribution in [1.82, 2.24) is 19.5 Å². The van der Waals surface area contributed by atoms with E-state index in [0.717, 1.165) is 65.6 Å². The Hall–Kier alpha value is -3.67. The van der Waals surface area contributed by atoms with Gasteiger partial charge in [-0.05, 0) is 44.0 Å². The van der Waals surface area contributed by atoms with Gasteiger partial charge >= 0.3 is 0 Å². The SMILES string of the molecule is Cc1cc2nc(-c3ccccc3)cc(Nc3ccc(C(=O)N4CCCCCC4)cc3)n2n1. The van der Waals surface area contributed by atoms with Crippen molar-refractivity contribution in [3.05, 3.63) is 78.0 Å². The van der Waals surface area contributed by atoms with Crippen molar-refractivity contribution < 1.29 is 4.79 Å². The predicted molar refractivity (Wildman–Crippen MR) is 127 cm³/mol. The monoisotopic (exact) mass is 425 g/mol. The fraction of sp³-hybridized carbons (Fsp3) is 0.269. The molecule has 1 saturated heterocycles. The van der Waals surface area contributed by atoms with E-state index >= 15 is 0 Å². The third kappa shape index (κ3) is 4.21. The standard InChI is InChI=1S/C26H27N5O/c1-19-17-24-28-23(20-9-5-4-6-10-20)18-25(31(24)29-19)27-22-13-11-21(12-14-22)26(32)30-15-7-2-3-8-16-30/h4-6,9-14,17-18,27H,2-3,7-8,15-16H2,1H3. The second-order valence-electron chi connectivity index (χ2n) is 8.36. The average Bonchev–Trinajstić information content (AvgIpc) is 3.02. The maximum absolute atomic E-state index is 12.9. The molecule has 0 spiro atoms. The van der Waals surface area contributed by atoms with Gasteiger partial charge < -0.3 is 10.2 Å². The van der Waals surface area contributed by atoms with Crippen LogP contribution in [0.1, 0.15) is 41.7 Å². The average molecular weight is 426 g/mol. The van der Waals surface area contributed by atoms with Crippen LogP contribution in [-0.4, -0.2) is 38.5 Å². The Bertz CT molecular complexity index is 1220. The molecule has 2 aromatic heterocycles. The van der Waals surface area contributed by atoms with E-state index in [9.17, 15) is 4.79 Å². The number of nitrogens with zero attached hydrogens (tertiary/aromatic N) is 4. The summed E-state index contributed by atoms with van der Waals surface area (Å²) < 4.78 is 1.82. The summed E-state index contributed by atoms with van der Waals surface area (Å²) in [5.74, 6) is 0.951. The number of carbonyl (C=O) groups excluding carboxylic acids is 1. The molecular formula is C26H27N5O. The van der Waals surface area contributed by atoms with Crippen LogP contribution in [0.3, 0.4) is 0 Å². The van der Waals surface area contributed by atoms with Crippen molar-refractivity contribution in [3.63, 3.8) is 0 Å². The molecule has 6 heteroatoms. The minimum Gasteiger partial charge on any atom is -0.340 e. The number of nitrogens with one attached hydrogen (secondary N) is 1. The summed E-state index contributed by atoms with van der Waals surface area (Å²) in [6, 6.07) is 21.8. The molecule has 3 heterocycles. The van der Waals surface area contributed by atoms with E-state index in [0.29, 0.717) is 0 Å². The zero-order chi connectivity index (χ0) is 21.9. The van der Waals surface area contributed by atoms with Gasteiger partial charge in [0, 0.05) is 42.0 Å². The van der Waals surface area contributed by atoms with Gasteiger partial charge in [0.1, 0.15) is 5.82 Å². The summed E-state index contributed by atoms with van der Waals surface area (Å²) >= 11 is 0. The molecule has 2 aromatic carbocycles. The van der Waals surface area contributed by atoms with Gasteiger partial charge in [-0.25, -0.2) is 4.98 Å². The molecule has 6 nitrogen and oxygen atoms in total. The number of aryl methyl sites for hydroxylation is 1. The fourth-order valence-electron chi connectivity index (χ4n) is 4.24. The summed E-state index contributed by atoms with van der Waals surface area (Å²) in [5, 5.41) is 8.05. The third-order valence-corrected chi connectivity index (χ3v) is 5.92. The molecule has 1 aliphatic rings. The highest BCUT2D eigenvalue weighted by atomic mass is 16.2. The maximum Gasteiger partial charge on any atom is 0.253 e. The summed E-state index contributed by atoms with van der Waals surface area (Å²) in [6.07, 6.45) is 4.61. The summed E-state index contributed by atoms with van der Waals surface area (Å²) in [7, 11) is 0. The smallest absolute Gasteiger partial charge is 0.253 e. The molecule has 0 unspecified atom stereocenters. The molecule has 162 valence electrons. The second-order valence-corrected chi connectivity index (χ2v) is 8.36. The Morgan fingerprint density at radius 1 is 0.906 bits per heavy atom. The Labute approximate surface area is 187 Å². The molecule has 4 aromatic rings. The van der Waals surface area contributed by atoms with Gasteiger partial charge in [0.2, 0.25) is 0 Å². The van der Waals surface area contributed by atoms with Crippen LogP contribution in [0, 0.1) is 6.92 Å². The van der Waals surface area contributed by atoms with E-state index in [1.54, 1.807) is 0 Å². The lowest BCUT2D eigenvalue weighted by atomic mass is 10.1. The van der Waals surface area contributed by atoms with Gasteiger partial charge in [0.25, 0.3) is 5.91 Å². The zero-order valence-electron chi connectivity index (χ0n) is 18.3. The highest BCUT2D eigenvalue weighted by molar-refractivity contribution is 5.94. The molecule has 1 amide bonds. The van der Waals surface area contributed by atoms with E-state index in [2.05, 4.69) is 22.5 Å². The normalized spacial score (nSPS) is 14.3. The van der Waals surface area contributed by atoms with Gasteiger partial charge in [-0.15, -0.1) is 0 Å². The van der Waals surface area contributed by atoms with Crippen molar-refractivity contribution >= 4 is 23.1 Å². The molecular weight excluding hydrogens is 398 g/mol. The third-order valence-electron chi connectivity index (χ3n) is 5.92. The maximum atomic E-state index is 12.9. The first-order valence-electron chi connectivity index (χ1n) is 11.3. The van der Waals surface area contributed by atoms with E-state index in [1.807, 2.05) is 70.9 Å². The van der Waals surface area contributed by atoms with Gasteiger partial charge in [-0.3, -0.25) is 4.79 Å². The number of benzene rings is 2. The molecule has 0 saturated carbocycles.